The van der Waals surface area contributed by atoms with E-state index in [0.29, 0.717) is 5.69 Å². The molecule has 1 amide bonds. The molecule has 0 fully saturated rings. The molecule has 3 aromatic rings. The van der Waals surface area contributed by atoms with Gasteiger partial charge in [0.2, 0.25) is 0 Å². The fraction of sp³-hybridized carbons (Fsp3) is 0.278. The molecule has 25 heavy (non-hydrogen) atoms. The number of hydrogen-bond donors (Lipinski definition) is 1. The zero-order valence-electron chi connectivity index (χ0n) is 14.0. The summed E-state index contributed by atoms with van der Waals surface area (Å²) >= 11 is 1.47. The molecule has 2 aromatic heterocycles. The smallest absolute Gasteiger partial charge is 0.268 e. The van der Waals surface area contributed by atoms with Crippen LogP contribution < -0.4 is 10.6 Å². The van der Waals surface area contributed by atoms with Crippen molar-refractivity contribution in [3.63, 3.8) is 0 Å². The summed E-state index contributed by atoms with van der Waals surface area (Å²) in [6.07, 6.45) is 1.80. The average molecular weight is 353 g/mol. The van der Waals surface area contributed by atoms with Crippen LogP contribution in [0.2, 0.25) is 0 Å². The third kappa shape index (κ3) is 2.91. The summed E-state index contributed by atoms with van der Waals surface area (Å²) in [5.41, 5.74) is 10.5. The topological polar surface area (TPSA) is 77.0 Å². The monoisotopic (exact) mass is 353 g/mol. The molecule has 1 aromatic carbocycles. The summed E-state index contributed by atoms with van der Waals surface area (Å²) in [7, 11) is 2.01. The number of hydrogen-bond acceptors (Lipinski definition) is 5. The molecule has 1 aliphatic heterocycles. The van der Waals surface area contributed by atoms with Crippen LogP contribution in [-0.4, -0.2) is 33.8 Å². The summed E-state index contributed by atoms with van der Waals surface area (Å²) in [5.74, 6) is -0.476. The van der Waals surface area contributed by atoms with Gasteiger partial charge in [0.25, 0.3) is 5.91 Å². The maximum absolute atomic E-state index is 11.3. The number of nitrogens with two attached hydrogens (primary N) is 1. The van der Waals surface area contributed by atoms with Crippen LogP contribution in [0.25, 0.3) is 11.3 Å². The molecule has 0 saturated heterocycles. The first-order valence-electron chi connectivity index (χ1n) is 8.24. The number of nitrogens with zero attached hydrogens (tertiary/aromatic N) is 4. The van der Waals surface area contributed by atoms with Gasteiger partial charge in [-0.05, 0) is 6.42 Å². The van der Waals surface area contributed by atoms with E-state index in [9.17, 15) is 4.79 Å². The maximum Gasteiger partial charge on any atom is 0.268 e. The van der Waals surface area contributed by atoms with Crippen LogP contribution in [0, 0.1) is 0 Å². The maximum atomic E-state index is 11.3. The van der Waals surface area contributed by atoms with Gasteiger partial charge < -0.3 is 10.6 Å². The van der Waals surface area contributed by atoms with Crippen LogP contribution >= 0.6 is 11.3 Å². The second kappa shape index (κ2) is 6.33. The van der Waals surface area contributed by atoms with Gasteiger partial charge in [-0.2, -0.15) is 5.10 Å². The van der Waals surface area contributed by atoms with Gasteiger partial charge in [-0.15, -0.1) is 11.3 Å². The van der Waals surface area contributed by atoms with Gasteiger partial charge in [-0.1, -0.05) is 30.3 Å². The van der Waals surface area contributed by atoms with Crippen molar-refractivity contribution in [2.75, 3.05) is 18.0 Å². The van der Waals surface area contributed by atoms with Crippen molar-refractivity contribution in [2.45, 2.75) is 12.8 Å². The van der Waals surface area contributed by atoms with Crippen molar-refractivity contribution in [3.8, 4) is 11.3 Å². The molecule has 0 radical (unpaired) electrons. The van der Waals surface area contributed by atoms with Crippen LogP contribution in [0.15, 0.2) is 35.7 Å². The van der Waals surface area contributed by atoms with E-state index in [4.69, 9.17) is 10.8 Å². The SMILES string of the molecule is Cn1nc(-c2ccccc2)c2c1CCN(c1nc(C(N)=O)cs1)CC2. The standard InChI is InChI=1S/C18H19N5OS/c1-22-15-8-10-23(18-20-14(11-25-18)17(19)24)9-7-13(15)16(21-22)12-5-3-2-4-6-12/h2-6,11H,7-10H2,1H3,(H2,19,24). The van der Waals surface area contributed by atoms with Gasteiger partial charge in [0.15, 0.2) is 5.13 Å². The first-order valence-corrected chi connectivity index (χ1v) is 9.12. The summed E-state index contributed by atoms with van der Waals surface area (Å²) in [4.78, 5) is 17.9. The third-order valence-corrected chi connectivity index (χ3v) is 5.49. The van der Waals surface area contributed by atoms with E-state index in [1.165, 1.54) is 22.6 Å². The molecule has 0 saturated carbocycles. The fourth-order valence-electron chi connectivity index (χ4n) is 3.32. The summed E-state index contributed by atoms with van der Waals surface area (Å²) in [5, 5.41) is 7.34. The molecule has 0 bridgehead atoms. The highest BCUT2D eigenvalue weighted by molar-refractivity contribution is 7.13. The number of rotatable bonds is 3. The van der Waals surface area contributed by atoms with Gasteiger partial charge in [-0.3, -0.25) is 9.48 Å². The zero-order chi connectivity index (χ0) is 17.4. The lowest BCUT2D eigenvalue weighted by atomic mass is 10.0. The average Bonchev–Trinajstić information content (AvgIpc) is 3.16. The number of primary amides is 1. The van der Waals surface area contributed by atoms with E-state index in [2.05, 4.69) is 22.0 Å². The second-order valence-corrected chi connectivity index (χ2v) is 6.97. The lowest BCUT2D eigenvalue weighted by molar-refractivity contribution is 0.0996. The normalized spacial score (nSPS) is 14.2. The Labute approximate surface area is 149 Å². The van der Waals surface area contributed by atoms with Crippen molar-refractivity contribution in [1.29, 1.82) is 0 Å². The molecular formula is C18H19N5OS. The Balaban J connectivity index is 1.63. The lowest BCUT2D eigenvalue weighted by Crippen LogP contribution is -2.26. The van der Waals surface area contributed by atoms with Crippen LogP contribution in [0.5, 0.6) is 0 Å². The van der Waals surface area contributed by atoms with E-state index in [1.807, 2.05) is 29.9 Å². The predicted octanol–water partition coefficient (Wildman–Crippen LogP) is 2.25. The highest BCUT2D eigenvalue weighted by Gasteiger charge is 2.23. The molecule has 3 heterocycles. The molecule has 7 heteroatoms. The molecule has 1 aliphatic rings. The largest absolute Gasteiger partial charge is 0.364 e. The summed E-state index contributed by atoms with van der Waals surface area (Å²) in [6, 6.07) is 10.3. The van der Waals surface area contributed by atoms with Gasteiger partial charge >= 0.3 is 0 Å². The number of carbonyl (C=O) groups is 1. The quantitative estimate of drug-likeness (QED) is 0.783. The summed E-state index contributed by atoms with van der Waals surface area (Å²) < 4.78 is 2.00. The fourth-order valence-corrected chi connectivity index (χ4v) is 4.19. The van der Waals surface area contributed by atoms with Gasteiger partial charge in [-0.25, -0.2) is 4.98 Å². The van der Waals surface area contributed by atoms with Gasteiger partial charge in [0.05, 0.1) is 5.69 Å². The Hall–Kier alpha value is -2.67. The highest BCUT2D eigenvalue weighted by atomic mass is 32.1. The van der Waals surface area contributed by atoms with E-state index < -0.39 is 5.91 Å². The van der Waals surface area contributed by atoms with Crippen molar-refractivity contribution in [3.05, 3.63) is 52.7 Å². The lowest BCUT2D eigenvalue weighted by Gasteiger charge is -2.19. The number of amides is 1. The van der Waals surface area contributed by atoms with E-state index in [0.717, 1.165) is 42.3 Å². The van der Waals surface area contributed by atoms with Crippen molar-refractivity contribution < 1.29 is 4.79 Å². The number of benzene rings is 1. The van der Waals surface area contributed by atoms with Crippen LogP contribution in [-0.2, 0) is 19.9 Å². The number of anilines is 1. The summed E-state index contributed by atoms with van der Waals surface area (Å²) in [6.45, 7) is 1.71. The second-order valence-electron chi connectivity index (χ2n) is 6.13. The van der Waals surface area contributed by atoms with E-state index >= 15 is 0 Å². The Morgan fingerprint density at radius 1 is 1.20 bits per heavy atom. The van der Waals surface area contributed by atoms with Crippen molar-refractivity contribution >= 4 is 22.4 Å². The number of fused-ring (bicyclic) bond motifs is 1. The Bertz CT molecular complexity index is 915. The predicted molar refractivity (Wildman–Crippen MR) is 98.9 cm³/mol. The molecular weight excluding hydrogens is 334 g/mol. The Morgan fingerprint density at radius 3 is 2.68 bits per heavy atom. The Morgan fingerprint density at radius 2 is 1.96 bits per heavy atom. The minimum atomic E-state index is -0.476. The van der Waals surface area contributed by atoms with Crippen LogP contribution in [0.1, 0.15) is 21.7 Å². The van der Waals surface area contributed by atoms with Crippen LogP contribution in [0.3, 0.4) is 0 Å². The third-order valence-electron chi connectivity index (χ3n) is 4.59. The van der Waals surface area contributed by atoms with Crippen LogP contribution in [0.4, 0.5) is 5.13 Å². The minimum absolute atomic E-state index is 0.341. The zero-order valence-corrected chi connectivity index (χ0v) is 14.8. The van der Waals surface area contributed by atoms with E-state index in [1.54, 1.807) is 5.38 Å². The molecule has 4 rings (SSSR count). The van der Waals surface area contributed by atoms with Crippen molar-refractivity contribution in [2.24, 2.45) is 12.8 Å². The van der Waals surface area contributed by atoms with Gasteiger partial charge in [0.1, 0.15) is 5.69 Å². The number of aryl methyl sites for hydroxylation is 1. The molecule has 2 N–H and O–H groups in total. The first-order chi connectivity index (χ1) is 12.1. The molecule has 0 aliphatic carbocycles. The Kier molecular flexibility index (Phi) is 4.01. The molecule has 0 unspecified atom stereocenters. The molecule has 0 atom stereocenters. The molecule has 6 nitrogen and oxygen atoms in total. The van der Waals surface area contributed by atoms with E-state index in [-0.39, 0.29) is 0 Å². The first kappa shape index (κ1) is 15.8. The van der Waals surface area contributed by atoms with Crippen molar-refractivity contribution in [1.82, 2.24) is 14.8 Å². The highest BCUT2D eigenvalue weighted by Crippen LogP contribution is 2.30. The number of thiazole rings is 1. The minimum Gasteiger partial charge on any atom is -0.364 e. The molecule has 128 valence electrons. The van der Waals surface area contributed by atoms with Gasteiger partial charge in [0, 0.05) is 48.8 Å². The number of carbonyl (C=O) groups excluding carboxylic acids is 1. The number of aromatic nitrogens is 3. The molecule has 0 spiro atoms.